The van der Waals surface area contributed by atoms with Gasteiger partial charge in [-0.2, -0.15) is 0 Å². The van der Waals surface area contributed by atoms with E-state index >= 15 is 0 Å². The van der Waals surface area contributed by atoms with Crippen molar-refractivity contribution in [2.75, 3.05) is 24.2 Å². The molecular weight excluding hydrogens is 222 g/mol. The topological polar surface area (TPSA) is 113 Å². The van der Waals surface area contributed by atoms with Crippen LogP contribution < -0.4 is 16.4 Å². The van der Waals surface area contributed by atoms with E-state index in [1.54, 1.807) is 7.05 Å². The molecule has 7 heteroatoms. The highest BCUT2D eigenvalue weighted by Crippen LogP contribution is 2.19. The molecule has 0 aliphatic carbocycles. The first-order valence-corrected chi connectivity index (χ1v) is 5.33. The number of hydrogen-bond donors (Lipinski definition) is 4. The van der Waals surface area contributed by atoms with Gasteiger partial charge >= 0.3 is 0 Å². The van der Waals surface area contributed by atoms with Gasteiger partial charge in [0.15, 0.2) is 0 Å². The molecule has 17 heavy (non-hydrogen) atoms. The van der Waals surface area contributed by atoms with E-state index in [1.165, 1.54) is 6.33 Å². The molecule has 1 amide bonds. The molecule has 7 nitrogen and oxygen atoms in total. The number of aliphatic hydroxyl groups excluding tert-OH is 1. The molecule has 0 fully saturated rings. The maximum absolute atomic E-state index is 10.7. The number of nitrogens with one attached hydrogen (secondary N) is 2. The number of aromatic nitrogens is 2. The molecule has 1 heterocycles. The first kappa shape index (κ1) is 13.2. The Morgan fingerprint density at radius 1 is 1.53 bits per heavy atom. The van der Waals surface area contributed by atoms with Crippen LogP contribution in [0.3, 0.4) is 0 Å². The van der Waals surface area contributed by atoms with E-state index in [0.717, 1.165) is 17.8 Å². The third-order valence-electron chi connectivity index (χ3n) is 2.33. The lowest BCUT2D eigenvalue weighted by atomic mass is 10.2. The number of hydrogen-bond acceptors (Lipinski definition) is 6. The summed E-state index contributed by atoms with van der Waals surface area (Å²) in [5.74, 6) is 0.546. The van der Waals surface area contributed by atoms with Crippen molar-refractivity contribution in [3.63, 3.8) is 0 Å². The summed E-state index contributed by atoms with van der Waals surface area (Å²) in [6.07, 6.45) is 0.906. The van der Waals surface area contributed by atoms with E-state index in [0.29, 0.717) is 5.82 Å². The second-order valence-corrected chi connectivity index (χ2v) is 3.45. The lowest BCUT2D eigenvalue weighted by Crippen LogP contribution is -2.34. The van der Waals surface area contributed by atoms with Gasteiger partial charge in [-0.1, -0.05) is 6.92 Å². The number of carbonyl (C=O) groups is 1. The highest BCUT2D eigenvalue weighted by molar-refractivity contribution is 5.79. The molecule has 0 aliphatic rings. The molecule has 94 valence electrons. The number of nitrogens with two attached hydrogens (primary N) is 1. The van der Waals surface area contributed by atoms with Crippen molar-refractivity contribution < 1.29 is 9.90 Å². The van der Waals surface area contributed by atoms with Gasteiger partial charge in [0.25, 0.3) is 0 Å². The van der Waals surface area contributed by atoms with Gasteiger partial charge in [-0.15, -0.1) is 0 Å². The Kier molecular flexibility index (Phi) is 4.65. The lowest BCUT2D eigenvalue weighted by Gasteiger charge is -2.14. The molecule has 1 atom stereocenters. The van der Waals surface area contributed by atoms with Crippen LogP contribution in [0.5, 0.6) is 0 Å². The Balaban J connectivity index is 2.80. The number of rotatable bonds is 6. The van der Waals surface area contributed by atoms with Crippen LogP contribution in [0, 0.1) is 0 Å². The fourth-order valence-electron chi connectivity index (χ4n) is 1.41. The minimum atomic E-state index is -1.23. The van der Waals surface area contributed by atoms with Crippen LogP contribution in [-0.4, -0.2) is 40.7 Å². The zero-order valence-corrected chi connectivity index (χ0v) is 9.90. The normalized spacial score (nSPS) is 11.9. The molecule has 0 saturated heterocycles. The molecule has 5 N–H and O–H groups in total. The van der Waals surface area contributed by atoms with Crippen LogP contribution in [0.25, 0.3) is 0 Å². The van der Waals surface area contributed by atoms with Crippen molar-refractivity contribution in [1.29, 1.82) is 0 Å². The van der Waals surface area contributed by atoms with Crippen LogP contribution in [0.15, 0.2) is 6.33 Å². The average molecular weight is 239 g/mol. The van der Waals surface area contributed by atoms with Gasteiger partial charge in [-0.05, 0) is 6.42 Å². The standard InChI is InChI=1S/C10H17N5O2/c1-3-6-9(12-2)14-5-15-10(6)13-4-7(16)8(11)17/h5,7,16H,3-4H2,1-2H3,(H2,11,17)(H2,12,13,14,15). The number of amides is 1. The third kappa shape index (κ3) is 3.28. The van der Waals surface area contributed by atoms with E-state index in [-0.39, 0.29) is 6.54 Å². The molecular formula is C10H17N5O2. The summed E-state index contributed by atoms with van der Waals surface area (Å²) in [4.78, 5) is 18.8. The van der Waals surface area contributed by atoms with Crippen molar-refractivity contribution in [3.8, 4) is 0 Å². The van der Waals surface area contributed by atoms with Crippen molar-refractivity contribution in [2.24, 2.45) is 5.73 Å². The molecule has 1 aromatic rings. The zero-order valence-electron chi connectivity index (χ0n) is 9.90. The van der Waals surface area contributed by atoms with Crippen LogP contribution in [-0.2, 0) is 11.2 Å². The third-order valence-corrected chi connectivity index (χ3v) is 2.33. The zero-order chi connectivity index (χ0) is 12.8. The fourth-order valence-corrected chi connectivity index (χ4v) is 1.41. The number of anilines is 2. The molecule has 1 aromatic heterocycles. The first-order chi connectivity index (χ1) is 8.10. The van der Waals surface area contributed by atoms with Crippen LogP contribution in [0.4, 0.5) is 11.6 Å². The highest BCUT2D eigenvalue weighted by Gasteiger charge is 2.13. The lowest BCUT2D eigenvalue weighted by molar-refractivity contribution is -0.125. The number of carbonyl (C=O) groups excluding carboxylic acids is 1. The van der Waals surface area contributed by atoms with Crippen molar-refractivity contribution in [2.45, 2.75) is 19.4 Å². The van der Waals surface area contributed by atoms with E-state index in [4.69, 9.17) is 5.73 Å². The van der Waals surface area contributed by atoms with Crippen LogP contribution in [0.2, 0.25) is 0 Å². The first-order valence-electron chi connectivity index (χ1n) is 5.33. The summed E-state index contributed by atoms with van der Waals surface area (Å²) >= 11 is 0. The fraction of sp³-hybridized carbons (Fsp3) is 0.500. The highest BCUT2D eigenvalue weighted by atomic mass is 16.3. The minimum Gasteiger partial charge on any atom is -0.381 e. The second-order valence-electron chi connectivity index (χ2n) is 3.45. The second kappa shape index (κ2) is 6.00. The minimum absolute atomic E-state index is 0.0303. The SMILES string of the molecule is CCc1c(NC)ncnc1NCC(O)C(N)=O. The summed E-state index contributed by atoms with van der Waals surface area (Å²) in [6.45, 7) is 2.00. The molecule has 0 bridgehead atoms. The number of primary amides is 1. The van der Waals surface area contributed by atoms with Crippen molar-refractivity contribution in [3.05, 3.63) is 11.9 Å². The van der Waals surface area contributed by atoms with Gasteiger partial charge in [0.2, 0.25) is 5.91 Å². The predicted molar refractivity (Wildman–Crippen MR) is 64.6 cm³/mol. The summed E-state index contributed by atoms with van der Waals surface area (Å²) in [6, 6.07) is 0. The van der Waals surface area contributed by atoms with E-state index < -0.39 is 12.0 Å². The van der Waals surface area contributed by atoms with Gasteiger partial charge < -0.3 is 21.5 Å². The Bertz CT molecular complexity index is 396. The quantitative estimate of drug-likeness (QED) is 0.524. The summed E-state index contributed by atoms with van der Waals surface area (Å²) in [7, 11) is 1.77. The molecule has 0 saturated carbocycles. The molecule has 0 aromatic carbocycles. The van der Waals surface area contributed by atoms with Gasteiger partial charge in [0, 0.05) is 12.6 Å². The molecule has 0 spiro atoms. The van der Waals surface area contributed by atoms with Gasteiger partial charge in [0.05, 0.1) is 6.54 Å². The van der Waals surface area contributed by atoms with Gasteiger partial charge in [0.1, 0.15) is 24.1 Å². The molecule has 1 rings (SSSR count). The molecule has 0 aliphatic heterocycles. The number of nitrogens with zero attached hydrogens (tertiary/aromatic N) is 2. The number of aliphatic hydroxyl groups is 1. The summed E-state index contributed by atoms with van der Waals surface area (Å²) in [5, 5.41) is 15.1. The predicted octanol–water partition coefficient (Wildman–Crippen LogP) is -0.661. The Hall–Kier alpha value is -1.89. The van der Waals surface area contributed by atoms with Crippen molar-refractivity contribution >= 4 is 17.5 Å². The Morgan fingerprint density at radius 2 is 2.18 bits per heavy atom. The summed E-state index contributed by atoms with van der Waals surface area (Å²) in [5.41, 5.74) is 5.85. The Morgan fingerprint density at radius 3 is 2.71 bits per heavy atom. The van der Waals surface area contributed by atoms with Crippen LogP contribution >= 0.6 is 0 Å². The van der Waals surface area contributed by atoms with E-state index in [9.17, 15) is 9.90 Å². The largest absolute Gasteiger partial charge is 0.381 e. The molecule has 1 unspecified atom stereocenters. The average Bonchev–Trinajstić information content (AvgIpc) is 2.34. The van der Waals surface area contributed by atoms with Crippen LogP contribution in [0.1, 0.15) is 12.5 Å². The van der Waals surface area contributed by atoms with Gasteiger partial charge in [-0.25, -0.2) is 9.97 Å². The maximum atomic E-state index is 10.7. The van der Waals surface area contributed by atoms with Gasteiger partial charge in [-0.3, -0.25) is 4.79 Å². The van der Waals surface area contributed by atoms with Crippen molar-refractivity contribution in [1.82, 2.24) is 9.97 Å². The molecule has 0 radical (unpaired) electrons. The smallest absolute Gasteiger partial charge is 0.248 e. The summed E-state index contributed by atoms with van der Waals surface area (Å²) < 4.78 is 0. The maximum Gasteiger partial charge on any atom is 0.248 e. The Labute approximate surface area is 99.5 Å². The monoisotopic (exact) mass is 239 g/mol. The van der Waals surface area contributed by atoms with E-state index in [2.05, 4.69) is 20.6 Å². The van der Waals surface area contributed by atoms with E-state index in [1.807, 2.05) is 6.92 Å².